The van der Waals surface area contributed by atoms with E-state index in [2.05, 4.69) is 11.9 Å². The summed E-state index contributed by atoms with van der Waals surface area (Å²) in [6.07, 6.45) is 4.97. The van der Waals surface area contributed by atoms with Gasteiger partial charge in [0.2, 0.25) is 10.0 Å². The Hall–Kier alpha value is -2.52. The molecule has 0 N–H and O–H groups in total. The topological polar surface area (TPSA) is 89.3 Å². The number of aromatic nitrogens is 2. The lowest BCUT2D eigenvalue weighted by Gasteiger charge is -2.18. The number of fused-ring (bicyclic) bond motifs is 4. The van der Waals surface area contributed by atoms with Gasteiger partial charge in [-0.05, 0) is 67.9 Å². The molecular formula is C23H25N3O4S2. The molecule has 2 aromatic heterocycles. The summed E-state index contributed by atoms with van der Waals surface area (Å²) < 4.78 is 27.4. The van der Waals surface area contributed by atoms with Gasteiger partial charge in [-0.3, -0.25) is 18.5 Å². The van der Waals surface area contributed by atoms with Crippen molar-refractivity contribution < 1.29 is 13.2 Å². The molecule has 5 rings (SSSR count). The van der Waals surface area contributed by atoms with Crippen molar-refractivity contribution in [3.8, 4) is 0 Å². The molecule has 3 heterocycles. The molecule has 168 valence electrons. The molecule has 1 aliphatic heterocycles. The molecule has 2 aliphatic rings. The molecule has 0 bridgehead atoms. The van der Waals surface area contributed by atoms with Gasteiger partial charge in [0, 0.05) is 17.0 Å². The van der Waals surface area contributed by atoms with Crippen molar-refractivity contribution in [3.05, 3.63) is 56.4 Å². The predicted octanol–water partition coefficient (Wildman–Crippen LogP) is 3.18. The molecule has 1 atom stereocenters. The summed E-state index contributed by atoms with van der Waals surface area (Å²) >= 11 is 1.60. The second kappa shape index (κ2) is 7.81. The fraction of sp³-hybridized carbons (Fsp3) is 0.435. The fourth-order valence-electron chi connectivity index (χ4n) is 4.71. The van der Waals surface area contributed by atoms with Gasteiger partial charge in [0.25, 0.3) is 5.56 Å². The van der Waals surface area contributed by atoms with Crippen molar-refractivity contribution in [2.75, 3.05) is 16.6 Å². The van der Waals surface area contributed by atoms with Crippen LogP contribution in [0.4, 0.5) is 5.69 Å². The summed E-state index contributed by atoms with van der Waals surface area (Å²) in [5.74, 6) is 0.462. The summed E-state index contributed by atoms with van der Waals surface area (Å²) in [6, 6.07) is 5.10. The number of hydrogen-bond acceptors (Lipinski definition) is 6. The van der Waals surface area contributed by atoms with Crippen LogP contribution in [0, 0.1) is 5.92 Å². The summed E-state index contributed by atoms with van der Waals surface area (Å²) in [4.78, 5) is 32.7. The number of aryl methyl sites for hydroxylation is 1. The minimum Gasteiger partial charge on any atom is -0.292 e. The highest BCUT2D eigenvalue weighted by Crippen LogP contribution is 2.35. The van der Waals surface area contributed by atoms with Crippen LogP contribution >= 0.6 is 11.3 Å². The van der Waals surface area contributed by atoms with Crippen LogP contribution in [0.1, 0.15) is 46.6 Å². The maximum atomic E-state index is 13.2. The lowest BCUT2D eigenvalue weighted by Crippen LogP contribution is -2.30. The highest BCUT2D eigenvalue weighted by atomic mass is 32.2. The van der Waals surface area contributed by atoms with Gasteiger partial charge < -0.3 is 0 Å². The summed E-state index contributed by atoms with van der Waals surface area (Å²) in [6.45, 7) is 4.16. The maximum absolute atomic E-state index is 13.2. The third kappa shape index (κ3) is 3.47. The van der Waals surface area contributed by atoms with Gasteiger partial charge in [-0.25, -0.2) is 13.4 Å². The van der Waals surface area contributed by atoms with Gasteiger partial charge in [-0.15, -0.1) is 11.3 Å². The molecule has 0 saturated carbocycles. The van der Waals surface area contributed by atoms with Crippen LogP contribution in [-0.4, -0.2) is 36.0 Å². The Morgan fingerprint density at radius 2 is 2.09 bits per heavy atom. The summed E-state index contributed by atoms with van der Waals surface area (Å²) in [5.41, 5.74) is 2.92. The van der Waals surface area contributed by atoms with E-state index in [9.17, 15) is 18.0 Å². The fourth-order valence-corrected chi connectivity index (χ4v) is 7.21. The number of ketones is 1. The molecule has 9 heteroatoms. The molecule has 1 aromatic carbocycles. The lowest BCUT2D eigenvalue weighted by atomic mass is 9.89. The number of rotatable bonds is 5. The highest BCUT2D eigenvalue weighted by Gasteiger charge is 2.29. The molecule has 0 fully saturated rings. The molecule has 0 radical (unpaired) electrons. The smallest absolute Gasteiger partial charge is 0.262 e. The number of sulfonamides is 1. The van der Waals surface area contributed by atoms with Gasteiger partial charge in [0.1, 0.15) is 4.83 Å². The molecule has 1 aliphatic carbocycles. The number of carbonyl (C=O) groups excluding carboxylic acids is 1. The molecular weight excluding hydrogens is 446 g/mol. The Morgan fingerprint density at radius 1 is 1.28 bits per heavy atom. The van der Waals surface area contributed by atoms with E-state index in [1.54, 1.807) is 36.5 Å². The van der Waals surface area contributed by atoms with Crippen molar-refractivity contribution in [1.29, 1.82) is 0 Å². The van der Waals surface area contributed by atoms with E-state index in [1.165, 1.54) is 20.1 Å². The predicted molar refractivity (Wildman–Crippen MR) is 126 cm³/mol. The Morgan fingerprint density at radius 3 is 2.88 bits per heavy atom. The Kier molecular flexibility index (Phi) is 5.21. The molecule has 3 aromatic rings. The molecule has 0 spiro atoms. The van der Waals surface area contributed by atoms with Gasteiger partial charge >= 0.3 is 0 Å². The van der Waals surface area contributed by atoms with E-state index in [1.807, 2.05) is 0 Å². The molecule has 0 amide bonds. The van der Waals surface area contributed by atoms with Gasteiger partial charge in [-0.2, -0.15) is 0 Å². The van der Waals surface area contributed by atoms with Gasteiger partial charge in [0.15, 0.2) is 5.78 Å². The monoisotopic (exact) mass is 471 g/mol. The number of nitrogens with zero attached hydrogens (tertiary/aromatic N) is 3. The average Bonchev–Trinajstić information content (AvgIpc) is 3.36. The van der Waals surface area contributed by atoms with Crippen molar-refractivity contribution in [3.63, 3.8) is 0 Å². The van der Waals surface area contributed by atoms with E-state index >= 15 is 0 Å². The lowest BCUT2D eigenvalue weighted by molar-refractivity contribution is 0.0970. The standard InChI is InChI=1S/C23H25N3O4S2/c1-3-32(29,30)26-9-8-15-11-16(5-7-18(15)26)19(27)12-25-13-24-22-21(23(25)28)17-6-4-14(2)10-20(17)31-22/h5,7,11,13-14H,3-4,6,8-10,12H2,1-2H3/t14-/m1/s1. The van der Waals surface area contributed by atoms with E-state index in [-0.39, 0.29) is 23.6 Å². The Bertz CT molecular complexity index is 1400. The molecule has 0 unspecified atom stereocenters. The second-order valence-corrected chi connectivity index (χ2v) is 12.0. The van der Waals surface area contributed by atoms with Crippen LogP contribution in [0.5, 0.6) is 0 Å². The van der Waals surface area contributed by atoms with Crippen LogP contribution < -0.4 is 9.86 Å². The third-order valence-electron chi connectivity index (χ3n) is 6.55. The maximum Gasteiger partial charge on any atom is 0.262 e. The van der Waals surface area contributed by atoms with Crippen LogP contribution in [0.15, 0.2) is 29.3 Å². The second-order valence-electron chi connectivity index (χ2n) is 8.70. The number of anilines is 1. The zero-order chi connectivity index (χ0) is 22.6. The first-order valence-corrected chi connectivity index (χ1v) is 13.4. The first-order chi connectivity index (χ1) is 15.3. The Balaban J connectivity index is 1.44. The summed E-state index contributed by atoms with van der Waals surface area (Å²) in [7, 11) is -3.33. The first-order valence-electron chi connectivity index (χ1n) is 10.9. The number of hydrogen-bond donors (Lipinski definition) is 0. The zero-order valence-electron chi connectivity index (χ0n) is 18.1. The average molecular weight is 472 g/mol. The van der Waals surface area contributed by atoms with Crippen LogP contribution in [0.25, 0.3) is 10.2 Å². The van der Waals surface area contributed by atoms with E-state index in [4.69, 9.17) is 0 Å². The van der Waals surface area contributed by atoms with Gasteiger partial charge in [0.05, 0.1) is 29.7 Å². The third-order valence-corrected chi connectivity index (χ3v) is 9.49. The quantitative estimate of drug-likeness (QED) is 0.533. The van der Waals surface area contributed by atoms with Crippen molar-refractivity contribution in [1.82, 2.24) is 9.55 Å². The zero-order valence-corrected chi connectivity index (χ0v) is 19.8. The van der Waals surface area contributed by atoms with E-state index < -0.39 is 10.0 Å². The minimum absolute atomic E-state index is 0.0384. The molecule has 0 saturated heterocycles. The largest absolute Gasteiger partial charge is 0.292 e. The minimum atomic E-state index is -3.33. The number of thiophene rings is 1. The van der Waals surface area contributed by atoms with Crippen LogP contribution in [-0.2, 0) is 35.8 Å². The highest BCUT2D eigenvalue weighted by molar-refractivity contribution is 7.92. The summed E-state index contributed by atoms with van der Waals surface area (Å²) in [5, 5.41) is 0.668. The van der Waals surface area contributed by atoms with Crippen LogP contribution in [0.3, 0.4) is 0 Å². The van der Waals surface area contributed by atoms with Gasteiger partial charge in [-0.1, -0.05) is 6.92 Å². The number of Topliss-reactive ketones (excluding diaryl/α,β-unsaturated/α-hetero) is 1. The van der Waals surface area contributed by atoms with Crippen molar-refractivity contribution in [2.24, 2.45) is 5.92 Å². The number of carbonyl (C=O) groups is 1. The van der Waals surface area contributed by atoms with E-state index in [0.717, 1.165) is 35.2 Å². The Labute approximate surface area is 190 Å². The molecule has 32 heavy (non-hydrogen) atoms. The van der Waals surface area contributed by atoms with Crippen LogP contribution in [0.2, 0.25) is 0 Å². The SMILES string of the molecule is CCS(=O)(=O)N1CCc2cc(C(=O)Cn3cnc4sc5c(c4c3=O)CC[C@@H](C)C5)ccc21. The molecule has 7 nitrogen and oxygen atoms in total. The first kappa shape index (κ1) is 21.3. The van der Waals surface area contributed by atoms with E-state index in [0.29, 0.717) is 35.5 Å². The number of benzene rings is 1. The normalized spacial score (nSPS) is 18.1. The van der Waals surface area contributed by atoms with Crippen molar-refractivity contribution in [2.45, 2.75) is 46.1 Å². The van der Waals surface area contributed by atoms with Crippen molar-refractivity contribution >= 4 is 43.0 Å².